The molecule has 0 aliphatic heterocycles. The van der Waals surface area contributed by atoms with Gasteiger partial charge in [-0.1, -0.05) is 109 Å². The van der Waals surface area contributed by atoms with Crippen LogP contribution >= 0.6 is 0 Å². The fourth-order valence-corrected chi connectivity index (χ4v) is 5.63. The van der Waals surface area contributed by atoms with E-state index in [1.807, 2.05) is 60.7 Å². The van der Waals surface area contributed by atoms with Crippen LogP contribution < -0.4 is 14.2 Å². The zero-order chi connectivity index (χ0) is 33.7. The Morgan fingerprint density at radius 1 is 0.429 bits per heavy atom. The van der Waals surface area contributed by atoms with E-state index >= 15 is 0 Å². The van der Waals surface area contributed by atoms with Gasteiger partial charge in [0.25, 0.3) is 0 Å². The summed E-state index contributed by atoms with van der Waals surface area (Å²) in [5.74, 6) is 2.69. The van der Waals surface area contributed by atoms with E-state index in [1.54, 1.807) is 14.2 Å². The second kappa shape index (κ2) is 17.5. The standard InChI is InChI=1S/C42H42O7/c1-43-21-23-45-29-37-39(47-27-31-13-5-3-6-14-31)25-33-17-9-11-19-35(33)41(37)49-42-36-20-12-10-18-34(36)26-40(38(42)30-46-24-22-44-2)48-28-32-15-7-4-8-16-32/h3-20,25-26H,21-24,27-30H2,1-2H3. The maximum Gasteiger partial charge on any atom is 0.144 e. The van der Waals surface area contributed by atoms with Gasteiger partial charge < -0.3 is 33.2 Å². The van der Waals surface area contributed by atoms with E-state index in [1.165, 1.54) is 0 Å². The van der Waals surface area contributed by atoms with Gasteiger partial charge in [-0.3, -0.25) is 0 Å². The smallest absolute Gasteiger partial charge is 0.144 e. The molecule has 6 aromatic carbocycles. The van der Waals surface area contributed by atoms with Crippen LogP contribution in [0.4, 0.5) is 0 Å². The molecule has 0 bridgehead atoms. The summed E-state index contributed by atoms with van der Waals surface area (Å²) in [6.07, 6.45) is 0. The maximum absolute atomic E-state index is 7.18. The van der Waals surface area contributed by atoms with Gasteiger partial charge in [-0.15, -0.1) is 0 Å². The lowest BCUT2D eigenvalue weighted by Gasteiger charge is -2.23. The molecule has 0 spiro atoms. The molecule has 0 aliphatic rings. The van der Waals surface area contributed by atoms with E-state index in [2.05, 4.69) is 60.7 Å². The van der Waals surface area contributed by atoms with E-state index in [0.717, 1.165) is 43.8 Å². The number of methoxy groups -OCH3 is 2. The highest BCUT2D eigenvalue weighted by atomic mass is 16.5. The third-order valence-corrected chi connectivity index (χ3v) is 8.16. The van der Waals surface area contributed by atoms with Crippen LogP contribution in [0.15, 0.2) is 121 Å². The molecule has 0 heterocycles. The van der Waals surface area contributed by atoms with Crippen molar-refractivity contribution >= 4 is 21.5 Å². The van der Waals surface area contributed by atoms with Crippen molar-refractivity contribution in [3.63, 3.8) is 0 Å². The molecule has 0 N–H and O–H groups in total. The molecule has 0 unspecified atom stereocenters. The van der Waals surface area contributed by atoms with Crippen molar-refractivity contribution in [1.82, 2.24) is 0 Å². The monoisotopic (exact) mass is 658 g/mol. The first-order valence-electron chi connectivity index (χ1n) is 16.5. The van der Waals surface area contributed by atoms with E-state index in [0.29, 0.717) is 62.6 Å². The molecule has 7 heteroatoms. The lowest BCUT2D eigenvalue weighted by atomic mass is 10.0. The van der Waals surface area contributed by atoms with Crippen molar-refractivity contribution in [3.05, 3.63) is 144 Å². The van der Waals surface area contributed by atoms with Crippen LogP contribution in [-0.4, -0.2) is 40.6 Å². The van der Waals surface area contributed by atoms with Gasteiger partial charge in [0.15, 0.2) is 0 Å². The van der Waals surface area contributed by atoms with Gasteiger partial charge in [0.2, 0.25) is 0 Å². The minimum atomic E-state index is 0.259. The first-order valence-corrected chi connectivity index (χ1v) is 16.5. The number of fused-ring (bicyclic) bond motifs is 2. The van der Waals surface area contributed by atoms with Crippen LogP contribution in [0.3, 0.4) is 0 Å². The summed E-state index contributed by atoms with van der Waals surface area (Å²) in [5, 5.41) is 3.84. The first-order chi connectivity index (χ1) is 24.2. The fraction of sp³-hybridized carbons (Fsp3) is 0.238. The van der Waals surface area contributed by atoms with Gasteiger partial charge in [0.1, 0.15) is 36.2 Å². The highest BCUT2D eigenvalue weighted by molar-refractivity contribution is 5.95. The van der Waals surface area contributed by atoms with Gasteiger partial charge in [-0.2, -0.15) is 0 Å². The van der Waals surface area contributed by atoms with Crippen LogP contribution in [0.25, 0.3) is 21.5 Å². The summed E-state index contributed by atoms with van der Waals surface area (Å²) in [6, 6.07) is 40.7. The summed E-state index contributed by atoms with van der Waals surface area (Å²) in [7, 11) is 3.33. The molecular weight excluding hydrogens is 616 g/mol. The largest absolute Gasteiger partial charge is 0.488 e. The zero-order valence-corrected chi connectivity index (χ0v) is 28.1. The normalized spacial score (nSPS) is 11.2. The summed E-state index contributed by atoms with van der Waals surface area (Å²) in [4.78, 5) is 0. The fourth-order valence-electron chi connectivity index (χ4n) is 5.63. The third kappa shape index (κ3) is 8.76. The molecular formula is C42H42O7. The highest BCUT2D eigenvalue weighted by Gasteiger charge is 2.23. The molecule has 0 radical (unpaired) electrons. The Morgan fingerprint density at radius 2 is 0.837 bits per heavy atom. The Bertz CT molecular complexity index is 1780. The van der Waals surface area contributed by atoms with Gasteiger partial charge in [-0.05, 0) is 34.0 Å². The van der Waals surface area contributed by atoms with Crippen LogP contribution in [0.1, 0.15) is 22.3 Å². The molecule has 6 aromatic rings. The second-order valence-electron chi connectivity index (χ2n) is 11.5. The van der Waals surface area contributed by atoms with Crippen LogP contribution in [-0.2, 0) is 45.4 Å². The Labute approximate surface area is 287 Å². The topological polar surface area (TPSA) is 64.6 Å². The summed E-state index contributed by atoms with van der Waals surface area (Å²) >= 11 is 0. The highest BCUT2D eigenvalue weighted by Crippen LogP contribution is 2.45. The number of ether oxygens (including phenoxy) is 7. The number of hydrogen-bond donors (Lipinski definition) is 0. The Balaban J connectivity index is 1.49. The second-order valence-corrected chi connectivity index (χ2v) is 11.5. The van der Waals surface area contributed by atoms with E-state index < -0.39 is 0 Å². The summed E-state index contributed by atoms with van der Waals surface area (Å²) in [6.45, 7) is 3.10. The maximum atomic E-state index is 7.18. The summed E-state index contributed by atoms with van der Waals surface area (Å²) in [5.41, 5.74) is 3.73. The van der Waals surface area contributed by atoms with Crippen molar-refractivity contribution in [2.75, 3.05) is 40.6 Å². The molecule has 0 saturated carbocycles. The molecule has 0 atom stereocenters. The first kappa shape index (κ1) is 34.0. The minimum absolute atomic E-state index is 0.259. The number of benzene rings is 6. The SMILES string of the molecule is COCCOCc1c(OCc2ccccc2)cc2ccccc2c1Oc1c(COCCOC)c(OCc2ccccc2)cc2ccccc12. The average Bonchev–Trinajstić information content (AvgIpc) is 3.15. The Hall–Kier alpha value is -4.92. The van der Waals surface area contributed by atoms with E-state index in [4.69, 9.17) is 33.2 Å². The Morgan fingerprint density at radius 3 is 1.27 bits per heavy atom. The van der Waals surface area contributed by atoms with Gasteiger partial charge in [0, 0.05) is 25.0 Å². The van der Waals surface area contributed by atoms with Crippen molar-refractivity contribution in [2.24, 2.45) is 0 Å². The zero-order valence-electron chi connectivity index (χ0n) is 28.1. The third-order valence-electron chi connectivity index (χ3n) is 8.16. The summed E-state index contributed by atoms with van der Waals surface area (Å²) < 4.78 is 43.1. The molecule has 252 valence electrons. The van der Waals surface area contributed by atoms with Crippen LogP contribution in [0.2, 0.25) is 0 Å². The van der Waals surface area contributed by atoms with Gasteiger partial charge in [-0.25, -0.2) is 0 Å². The predicted molar refractivity (Wildman–Crippen MR) is 193 cm³/mol. The van der Waals surface area contributed by atoms with Crippen molar-refractivity contribution < 1.29 is 33.2 Å². The molecule has 7 nitrogen and oxygen atoms in total. The molecule has 49 heavy (non-hydrogen) atoms. The van der Waals surface area contributed by atoms with Gasteiger partial charge in [0.05, 0.1) is 50.8 Å². The predicted octanol–water partition coefficient (Wildman–Crippen LogP) is 9.27. The molecule has 0 aliphatic carbocycles. The van der Waals surface area contributed by atoms with E-state index in [9.17, 15) is 0 Å². The van der Waals surface area contributed by atoms with Gasteiger partial charge >= 0.3 is 0 Å². The van der Waals surface area contributed by atoms with Crippen molar-refractivity contribution in [2.45, 2.75) is 26.4 Å². The lowest BCUT2D eigenvalue weighted by molar-refractivity contribution is 0.0587. The minimum Gasteiger partial charge on any atom is -0.488 e. The van der Waals surface area contributed by atoms with Crippen molar-refractivity contribution in [3.8, 4) is 23.0 Å². The Kier molecular flexibility index (Phi) is 12.1. The van der Waals surface area contributed by atoms with Crippen molar-refractivity contribution in [1.29, 1.82) is 0 Å². The number of hydrogen-bond acceptors (Lipinski definition) is 7. The molecule has 6 rings (SSSR count). The molecule has 0 aromatic heterocycles. The molecule has 0 saturated heterocycles. The van der Waals surface area contributed by atoms with Crippen LogP contribution in [0, 0.1) is 0 Å². The average molecular weight is 659 g/mol. The quantitative estimate of drug-likeness (QED) is 0.0853. The molecule has 0 fully saturated rings. The van der Waals surface area contributed by atoms with Crippen LogP contribution in [0.5, 0.6) is 23.0 Å². The number of rotatable bonds is 18. The molecule has 0 amide bonds. The lowest BCUT2D eigenvalue weighted by Crippen LogP contribution is -2.08. The van der Waals surface area contributed by atoms with E-state index in [-0.39, 0.29) is 13.2 Å².